The Kier molecular flexibility index (Phi) is 2.98. The summed E-state index contributed by atoms with van der Waals surface area (Å²) in [6.45, 7) is 4.21. The van der Waals surface area contributed by atoms with Crippen LogP contribution in [0.1, 0.15) is 11.1 Å². The molecule has 0 fully saturated rings. The molecule has 0 unspecified atom stereocenters. The Morgan fingerprint density at radius 3 is 2.80 bits per heavy atom. The second-order valence-corrected chi connectivity index (χ2v) is 5.75. The normalized spacial score (nSPS) is 10.5. The Morgan fingerprint density at radius 2 is 2.13 bits per heavy atom. The van der Waals surface area contributed by atoms with E-state index >= 15 is 0 Å². The molecular weight excluding hydrogens is 224 g/mol. The molecule has 0 saturated heterocycles. The third-order valence-corrected chi connectivity index (χ3v) is 4.10. The van der Waals surface area contributed by atoms with Crippen molar-refractivity contribution in [3.8, 4) is 0 Å². The highest BCUT2D eigenvalue weighted by Crippen LogP contribution is 2.34. The van der Waals surface area contributed by atoms with Gasteiger partial charge in [0, 0.05) is 4.90 Å². The molecule has 1 heterocycles. The van der Waals surface area contributed by atoms with Crippen molar-refractivity contribution in [3.63, 3.8) is 0 Å². The molecule has 0 amide bonds. The van der Waals surface area contributed by atoms with Crippen molar-refractivity contribution in [2.45, 2.75) is 23.1 Å². The number of hydrogen-bond donors (Lipinski definition) is 1. The number of aryl methyl sites for hydroxylation is 2. The van der Waals surface area contributed by atoms with Crippen LogP contribution >= 0.6 is 23.1 Å². The van der Waals surface area contributed by atoms with E-state index in [1.54, 1.807) is 18.0 Å². The van der Waals surface area contributed by atoms with Gasteiger partial charge in [-0.2, -0.15) is 0 Å². The number of rotatable bonds is 2. The summed E-state index contributed by atoms with van der Waals surface area (Å²) in [7, 11) is 0. The Hall–Kier alpha value is -1.00. The lowest BCUT2D eigenvalue weighted by Gasteiger charge is -2.03. The van der Waals surface area contributed by atoms with Crippen LogP contribution in [0.3, 0.4) is 0 Å². The molecule has 2 rings (SSSR count). The van der Waals surface area contributed by atoms with Gasteiger partial charge >= 0.3 is 0 Å². The summed E-state index contributed by atoms with van der Waals surface area (Å²) < 4.78 is 1.00. The van der Waals surface area contributed by atoms with Crippen LogP contribution in [0.2, 0.25) is 0 Å². The van der Waals surface area contributed by atoms with E-state index in [9.17, 15) is 0 Å². The molecule has 0 spiro atoms. The summed E-state index contributed by atoms with van der Waals surface area (Å²) in [6, 6.07) is 6.43. The van der Waals surface area contributed by atoms with Gasteiger partial charge in [-0.1, -0.05) is 35.2 Å². The molecule has 4 heteroatoms. The first-order chi connectivity index (χ1) is 7.15. The molecule has 0 aliphatic rings. The van der Waals surface area contributed by atoms with Gasteiger partial charge in [0.2, 0.25) is 0 Å². The summed E-state index contributed by atoms with van der Waals surface area (Å²) in [4.78, 5) is 5.49. The highest BCUT2D eigenvalue weighted by molar-refractivity contribution is 8.01. The highest BCUT2D eigenvalue weighted by atomic mass is 32.2. The lowest BCUT2D eigenvalue weighted by molar-refractivity contribution is 1.22. The molecule has 0 saturated carbocycles. The van der Waals surface area contributed by atoms with E-state index in [2.05, 4.69) is 37.0 Å². The van der Waals surface area contributed by atoms with Crippen molar-refractivity contribution in [1.29, 1.82) is 0 Å². The van der Waals surface area contributed by atoms with E-state index < -0.39 is 0 Å². The zero-order valence-corrected chi connectivity index (χ0v) is 10.3. The van der Waals surface area contributed by atoms with Gasteiger partial charge in [0.15, 0.2) is 4.34 Å². The fourth-order valence-electron chi connectivity index (χ4n) is 1.23. The van der Waals surface area contributed by atoms with Crippen molar-refractivity contribution < 1.29 is 0 Å². The lowest BCUT2D eigenvalue weighted by Crippen LogP contribution is -1.81. The number of thiazole rings is 1. The molecule has 15 heavy (non-hydrogen) atoms. The van der Waals surface area contributed by atoms with E-state index in [4.69, 9.17) is 5.73 Å². The van der Waals surface area contributed by atoms with Crippen molar-refractivity contribution in [2.75, 3.05) is 5.73 Å². The third kappa shape index (κ3) is 2.52. The van der Waals surface area contributed by atoms with Crippen LogP contribution in [0, 0.1) is 13.8 Å². The average Bonchev–Trinajstić information content (AvgIpc) is 2.58. The number of nitrogens with zero attached hydrogens (tertiary/aromatic N) is 1. The van der Waals surface area contributed by atoms with Gasteiger partial charge in [0.25, 0.3) is 0 Å². The van der Waals surface area contributed by atoms with Crippen molar-refractivity contribution in [3.05, 3.63) is 35.5 Å². The van der Waals surface area contributed by atoms with Crippen molar-refractivity contribution >= 4 is 28.1 Å². The second-order valence-electron chi connectivity index (χ2n) is 3.40. The van der Waals surface area contributed by atoms with Crippen LogP contribution in [-0.4, -0.2) is 4.98 Å². The summed E-state index contributed by atoms with van der Waals surface area (Å²) >= 11 is 3.20. The van der Waals surface area contributed by atoms with E-state index in [0.29, 0.717) is 0 Å². The largest absolute Gasteiger partial charge is 0.389 e. The Morgan fingerprint density at radius 1 is 1.33 bits per heavy atom. The zero-order valence-electron chi connectivity index (χ0n) is 8.65. The smallest absolute Gasteiger partial charge is 0.156 e. The first-order valence-electron chi connectivity index (χ1n) is 4.61. The molecule has 0 atom stereocenters. The van der Waals surface area contributed by atoms with Gasteiger partial charge in [0.05, 0.1) is 6.20 Å². The van der Waals surface area contributed by atoms with Gasteiger partial charge in [0.1, 0.15) is 5.00 Å². The van der Waals surface area contributed by atoms with Crippen LogP contribution in [0.5, 0.6) is 0 Å². The van der Waals surface area contributed by atoms with Gasteiger partial charge in [-0.25, -0.2) is 4.98 Å². The minimum atomic E-state index is 0.766. The molecular formula is C11H12N2S2. The first-order valence-corrected chi connectivity index (χ1v) is 6.25. The maximum atomic E-state index is 5.64. The standard InChI is InChI=1S/C11H12N2S2/c1-7-3-4-8(2)9(5-7)14-11-13-6-10(12)15-11/h3-6H,12H2,1-2H3. The predicted molar refractivity (Wildman–Crippen MR) is 66.6 cm³/mol. The fourth-order valence-corrected chi connectivity index (χ4v) is 3.13. The first kappa shape index (κ1) is 10.5. The minimum absolute atomic E-state index is 0.766. The van der Waals surface area contributed by atoms with Crippen LogP contribution < -0.4 is 5.73 Å². The number of aromatic nitrogens is 1. The molecule has 2 aromatic rings. The molecule has 0 radical (unpaired) electrons. The molecule has 0 aliphatic heterocycles. The number of nitrogens with two attached hydrogens (primary N) is 1. The number of nitrogen functional groups attached to an aromatic ring is 1. The van der Waals surface area contributed by atoms with Crippen LogP contribution in [0.4, 0.5) is 5.00 Å². The molecule has 0 aliphatic carbocycles. The molecule has 2 N–H and O–H groups in total. The van der Waals surface area contributed by atoms with Crippen molar-refractivity contribution in [1.82, 2.24) is 4.98 Å². The molecule has 2 nitrogen and oxygen atoms in total. The number of benzene rings is 1. The third-order valence-electron chi connectivity index (χ3n) is 2.04. The van der Waals surface area contributed by atoms with Gasteiger partial charge in [-0.15, -0.1) is 0 Å². The molecule has 78 valence electrons. The topological polar surface area (TPSA) is 38.9 Å². The maximum absolute atomic E-state index is 5.64. The summed E-state index contributed by atoms with van der Waals surface area (Å²) in [6.07, 6.45) is 1.71. The van der Waals surface area contributed by atoms with Crippen LogP contribution in [0.15, 0.2) is 33.6 Å². The van der Waals surface area contributed by atoms with Gasteiger partial charge in [-0.05, 0) is 31.0 Å². The second kappa shape index (κ2) is 4.24. The van der Waals surface area contributed by atoms with E-state index in [1.165, 1.54) is 27.4 Å². The van der Waals surface area contributed by atoms with Crippen LogP contribution in [-0.2, 0) is 0 Å². The van der Waals surface area contributed by atoms with Crippen molar-refractivity contribution in [2.24, 2.45) is 0 Å². The number of hydrogen-bond acceptors (Lipinski definition) is 4. The fraction of sp³-hybridized carbons (Fsp3) is 0.182. The van der Waals surface area contributed by atoms with E-state index in [0.717, 1.165) is 9.34 Å². The molecule has 0 bridgehead atoms. The van der Waals surface area contributed by atoms with Gasteiger partial charge in [-0.3, -0.25) is 0 Å². The monoisotopic (exact) mass is 236 g/mol. The average molecular weight is 236 g/mol. The Bertz CT molecular complexity index is 477. The van der Waals surface area contributed by atoms with E-state index in [1.807, 2.05) is 0 Å². The van der Waals surface area contributed by atoms with E-state index in [-0.39, 0.29) is 0 Å². The Balaban J connectivity index is 2.27. The molecule has 1 aromatic carbocycles. The molecule has 1 aromatic heterocycles. The minimum Gasteiger partial charge on any atom is -0.389 e. The summed E-state index contributed by atoms with van der Waals surface area (Å²) in [5.41, 5.74) is 8.19. The zero-order chi connectivity index (χ0) is 10.8. The SMILES string of the molecule is Cc1ccc(C)c(Sc2ncc(N)s2)c1. The predicted octanol–water partition coefficient (Wildman–Crippen LogP) is 3.49. The quantitative estimate of drug-likeness (QED) is 0.867. The lowest BCUT2D eigenvalue weighted by atomic mass is 10.2. The van der Waals surface area contributed by atoms with Gasteiger partial charge < -0.3 is 5.73 Å². The number of anilines is 1. The summed E-state index contributed by atoms with van der Waals surface area (Å²) in [5, 5.41) is 0.766. The highest BCUT2D eigenvalue weighted by Gasteiger charge is 2.04. The van der Waals surface area contributed by atoms with Crippen LogP contribution in [0.25, 0.3) is 0 Å². The maximum Gasteiger partial charge on any atom is 0.156 e. The Labute approximate surface area is 97.5 Å². The summed E-state index contributed by atoms with van der Waals surface area (Å²) in [5.74, 6) is 0.